The van der Waals surface area contributed by atoms with E-state index in [0.29, 0.717) is 11.7 Å². The van der Waals surface area contributed by atoms with Gasteiger partial charge in [0, 0.05) is 6.07 Å². The van der Waals surface area contributed by atoms with Crippen LogP contribution in [0.4, 0.5) is 5.69 Å². The minimum atomic E-state index is -0.414. The van der Waals surface area contributed by atoms with Crippen molar-refractivity contribution < 1.29 is 9.66 Å². The average molecular weight is 209 g/mol. The monoisotopic (exact) mass is 209 g/mol. The van der Waals surface area contributed by atoms with Crippen LogP contribution in [0.2, 0.25) is 0 Å². The summed E-state index contributed by atoms with van der Waals surface area (Å²) in [7, 11) is 1.43. The first-order valence-electron chi connectivity index (χ1n) is 4.86. The second-order valence-electron chi connectivity index (χ2n) is 3.86. The Morgan fingerprint density at radius 2 is 2.13 bits per heavy atom. The molecular formula is C11H15NO3. The summed E-state index contributed by atoms with van der Waals surface area (Å²) in [6, 6.07) is 5.10. The summed E-state index contributed by atoms with van der Waals surface area (Å²) in [5.74, 6) is 0.797. The van der Waals surface area contributed by atoms with Gasteiger partial charge in [-0.3, -0.25) is 10.1 Å². The Morgan fingerprint density at radius 1 is 1.47 bits per heavy atom. The molecule has 0 saturated heterocycles. The van der Waals surface area contributed by atoms with Crippen LogP contribution in [-0.2, 0) is 6.42 Å². The molecule has 4 heteroatoms. The number of nitro groups is 1. The largest absolute Gasteiger partial charge is 0.490 e. The zero-order valence-corrected chi connectivity index (χ0v) is 9.19. The van der Waals surface area contributed by atoms with Gasteiger partial charge in [-0.2, -0.15) is 0 Å². The molecule has 0 N–H and O–H groups in total. The van der Waals surface area contributed by atoms with E-state index >= 15 is 0 Å². The van der Waals surface area contributed by atoms with Crippen molar-refractivity contribution in [2.24, 2.45) is 5.92 Å². The summed E-state index contributed by atoms with van der Waals surface area (Å²) in [5, 5.41) is 10.7. The Morgan fingerprint density at radius 3 is 2.60 bits per heavy atom. The lowest BCUT2D eigenvalue weighted by atomic mass is 10.0. The summed E-state index contributed by atoms with van der Waals surface area (Å²) in [4.78, 5) is 10.3. The molecule has 0 spiro atoms. The second kappa shape index (κ2) is 4.77. The SMILES string of the molecule is COc1ccc(CC(C)C)cc1[N+](=O)[O-]. The standard InChI is InChI=1S/C11H15NO3/c1-8(2)6-9-4-5-11(15-3)10(7-9)12(13)14/h4-5,7-8H,6H2,1-3H3. The molecule has 0 radical (unpaired) electrons. The van der Waals surface area contributed by atoms with Crippen LogP contribution >= 0.6 is 0 Å². The molecule has 1 aromatic carbocycles. The first-order chi connectivity index (χ1) is 7.04. The molecule has 0 aliphatic carbocycles. The maximum Gasteiger partial charge on any atom is 0.311 e. The average Bonchev–Trinajstić information content (AvgIpc) is 2.16. The minimum absolute atomic E-state index is 0.0376. The topological polar surface area (TPSA) is 52.4 Å². The summed E-state index contributed by atoms with van der Waals surface area (Å²) in [6.45, 7) is 4.16. The summed E-state index contributed by atoms with van der Waals surface area (Å²) >= 11 is 0. The molecule has 0 unspecified atom stereocenters. The lowest BCUT2D eigenvalue weighted by molar-refractivity contribution is -0.385. The molecule has 0 bridgehead atoms. The number of hydrogen-bond donors (Lipinski definition) is 0. The lowest BCUT2D eigenvalue weighted by Gasteiger charge is -2.06. The first-order valence-corrected chi connectivity index (χ1v) is 4.86. The van der Waals surface area contributed by atoms with E-state index in [-0.39, 0.29) is 5.69 Å². The zero-order chi connectivity index (χ0) is 11.4. The van der Waals surface area contributed by atoms with Gasteiger partial charge < -0.3 is 4.74 Å². The molecule has 15 heavy (non-hydrogen) atoms. The molecular weight excluding hydrogens is 194 g/mol. The van der Waals surface area contributed by atoms with Crippen molar-refractivity contribution in [3.8, 4) is 5.75 Å². The molecule has 0 aliphatic rings. The van der Waals surface area contributed by atoms with Crippen LogP contribution < -0.4 is 4.74 Å². The van der Waals surface area contributed by atoms with Gasteiger partial charge in [-0.25, -0.2) is 0 Å². The van der Waals surface area contributed by atoms with Gasteiger partial charge in [-0.1, -0.05) is 19.9 Å². The predicted octanol–water partition coefficient (Wildman–Crippen LogP) is 2.80. The number of nitrogens with zero attached hydrogens (tertiary/aromatic N) is 1. The number of methoxy groups -OCH3 is 1. The van der Waals surface area contributed by atoms with Crippen molar-refractivity contribution in [1.29, 1.82) is 0 Å². The van der Waals surface area contributed by atoms with E-state index < -0.39 is 4.92 Å². The van der Waals surface area contributed by atoms with Gasteiger partial charge in [0.15, 0.2) is 5.75 Å². The molecule has 0 saturated carbocycles. The molecule has 0 atom stereocenters. The lowest BCUT2D eigenvalue weighted by Crippen LogP contribution is -1.98. The van der Waals surface area contributed by atoms with Crippen LogP contribution in [0.15, 0.2) is 18.2 Å². The maximum atomic E-state index is 10.7. The Balaban J connectivity index is 3.05. The quantitative estimate of drug-likeness (QED) is 0.566. The van der Waals surface area contributed by atoms with Crippen molar-refractivity contribution in [1.82, 2.24) is 0 Å². The predicted molar refractivity (Wildman–Crippen MR) is 58.2 cm³/mol. The van der Waals surface area contributed by atoms with E-state index in [4.69, 9.17) is 4.74 Å². The zero-order valence-electron chi connectivity index (χ0n) is 9.19. The van der Waals surface area contributed by atoms with Gasteiger partial charge in [0.05, 0.1) is 12.0 Å². The third-order valence-electron chi connectivity index (χ3n) is 2.08. The van der Waals surface area contributed by atoms with E-state index in [9.17, 15) is 10.1 Å². The highest BCUT2D eigenvalue weighted by atomic mass is 16.6. The smallest absolute Gasteiger partial charge is 0.311 e. The van der Waals surface area contributed by atoms with Crippen LogP contribution in [0.3, 0.4) is 0 Å². The summed E-state index contributed by atoms with van der Waals surface area (Å²) in [5.41, 5.74) is 1.01. The first kappa shape index (κ1) is 11.5. The fraction of sp³-hybridized carbons (Fsp3) is 0.455. The van der Waals surface area contributed by atoms with E-state index in [1.165, 1.54) is 7.11 Å². The summed E-state index contributed by atoms with van der Waals surface area (Å²) in [6.07, 6.45) is 0.838. The van der Waals surface area contributed by atoms with Crippen LogP contribution in [0.5, 0.6) is 5.75 Å². The molecule has 0 fully saturated rings. The molecule has 0 amide bonds. The highest BCUT2D eigenvalue weighted by molar-refractivity contribution is 5.48. The number of hydrogen-bond acceptors (Lipinski definition) is 3. The molecule has 82 valence electrons. The second-order valence-corrected chi connectivity index (χ2v) is 3.86. The van der Waals surface area contributed by atoms with Crippen LogP contribution in [-0.4, -0.2) is 12.0 Å². The van der Waals surface area contributed by atoms with Crippen molar-refractivity contribution in [3.05, 3.63) is 33.9 Å². The normalized spacial score (nSPS) is 10.4. The van der Waals surface area contributed by atoms with Gasteiger partial charge >= 0.3 is 5.69 Å². The molecule has 0 aliphatic heterocycles. The number of nitro benzene ring substituents is 1. The van der Waals surface area contributed by atoms with E-state index in [2.05, 4.69) is 13.8 Å². The maximum absolute atomic E-state index is 10.7. The highest BCUT2D eigenvalue weighted by Gasteiger charge is 2.15. The van der Waals surface area contributed by atoms with Crippen LogP contribution in [0.1, 0.15) is 19.4 Å². The molecule has 1 rings (SSSR count). The van der Waals surface area contributed by atoms with Crippen molar-refractivity contribution in [2.75, 3.05) is 7.11 Å². The van der Waals surface area contributed by atoms with Crippen molar-refractivity contribution in [2.45, 2.75) is 20.3 Å². The number of benzene rings is 1. The number of ether oxygens (including phenoxy) is 1. The van der Waals surface area contributed by atoms with Crippen molar-refractivity contribution in [3.63, 3.8) is 0 Å². The van der Waals surface area contributed by atoms with Gasteiger partial charge in [0.1, 0.15) is 0 Å². The number of rotatable bonds is 4. The fourth-order valence-electron chi connectivity index (χ4n) is 1.48. The van der Waals surface area contributed by atoms with Gasteiger partial charge in [-0.05, 0) is 24.0 Å². The molecule has 0 aromatic heterocycles. The Bertz CT molecular complexity index is 361. The third-order valence-corrected chi connectivity index (χ3v) is 2.08. The van der Waals surface area contributed by atoms with E-state index in [1.54, 1.807) is 12.1 Å². The van der Waals surface area contributed by atoms with E-state index in [0.717, 1.165) is 12.0 Å². The fourth-order valence-corrected chi connectivity index (χ4v) is 1.48. The van der Waals surface area contributed by atoms with Gasteiger partial charge in [0.25, 0.3) is 0 Å². The summed E-state index contributed by atoms with van der Waals surface area (Å²) < 4.78 is 4.92. The highest BCUT2D eigenvalue weighted by Crippen LogP contribution is 2.28. The van der Waals surface area contributed by atoms with Crippen LogP contribution in [0.25, 0.3) is 0 Å². The van der Waals surface area contributed by atoms with E-state index in [1.807, 2.05) is 6.07 Å². The molecule has 1 aromatic rings. The Kier molecular flexibility index (Phi) is 3.66. The molecule has 4 nitrogen and oxygen atoms in total. The van der Waals surface area contributed by atoms with Gasteiger partial charge in [0.2, 0.25) is 0 Å². The van der Waals surface area contributed by atoms with Crippen LogP contribution in [0, 0.1) is 16.0 Å². The minimum Gasteiger partial charge on any atom is -0.490 e. The van der Waals surface area contributed by atoms with Crippen molar-refractivity contribution >= 4 is 5.69 Å². The Hall–Kier alpha value is -1.58. The Labute approximate surface area is 89.0 Å². The third kappa shape index (κ3) is 2.94. The van der Waals surface area contributed by atoms with Gasteiger partial charge in [-0.15, -0.1) is 0 Å². The molecule has 0 heterocycles.